The number of unbranched alkanes of at least 4 members (excludes halogenated alkanes) is 5. The van der Waals surface area contributed by atoms with Crippen LogP contribution in [0.25, 0.3) is 0 Å². The molecule has 8 nitrogen and oxygen atoms in total. The summed E-state index contributed by atoms with van der Waals surface area (Å²) >= 11 is 0. The number of amides is 2. The average molecular weight is 290 g/mol. The zero-order valence-corrected chi connectivity index (χ0v) is 11.5. The fraction of sp³-hybridized carbons (Fsp3) is 0.750. The molecule has 0 unspecified atom stereocenters. The lowest BCUT2D eigenvalue weighted by Gasteiger charge is -2.24. The van der Waals surface area contributed by atoms with Crippen LogP contribution in [0, 0.1) is 5.41 Å². The van der Waals surface area contributed by atoms with Gasteiger partial charge in [0.15, 0.2) is 0 Å². The quantitative estimate of drug-likeness (QED) is 0.175. The summed E-state index contributed by atoms with van der Waals surface area (Å²) in [6.45, 7) is 2.06. The fourth-order valence-corrected chi connectivity index (χ4v) is 1.99. The monoisotopic (exact) mass is 290 g/mol. The molecule has 0 aromatic carbocycles. The molecule has 0 spiro atoms. The van der Waals surface area contributed by atoms with Crippen LogP contribution in [0.3, 0.4) is 0 Å². The molecule has 0 radical (unpaired) electrons. The van der Waals surface area contributed by atoms with E-state index in [0.29, 0.717) is 12.8 Å². The summed E-state index contributed by atoms with van der Waals surface area (Å²) in [4.78, 5) is 34.3. The van der Waals surface area contributed by atoms with Gasteiger partial charge in [-0.05, 0) is 6.42 Å². The Morgan fingerprint density at radius 2 is 1.35 bits per heavy atom. The second-order valence-electron chi connectivity index (χ2n) is 4.61. The van der Waals surface area contributed by atoms with E-state index in [4.69, 9.17) is 15.5 Å². The predicted octanol–water partition coefficient (Wildman–Crippen LogP) is 0.819. The summed E-state index contributed by atoms with van der Waals surface area (Å²) in [5.41, 5.74) is -0.176. The van der Waals surface area contributed by atoms with E-state index in [1.54, 1.807) is 0 Å². The maximum Gasteiger partial charge on any atom is 0.329 e. The maximum atomic E-state index is 11.5. The third-order valence-electron chi connectivity index (χ3n) is 3.25. The van der Waals surface area contributed by atoms with Gasteiger partial charge in [-0.3, -0.25) is 24.8 Å². The lowest BCUT2D eigenvalue weighted by atomic mass is 9.80. The molecule has 0 rings (SSSR count). The van der Waals surface area contributed by atoms with Crippen LogP contribution >= 0.6 is 0 Å². The lowest BCUT2D eigenvalue weighted by Crippen LogP contribution is -2.55. The Bertz CT molecular complexity index is 329. The highest BCUT2D eigenvalue weighted by atomic mass is 16.5. The van der Waals surface area contributed by atoms with Gasteiger partial charge in [-0.1, -0.05) is 45.4 Å². The van der Waals surface area contributed by atoms with E-state index in [0.717, 1.165) is 25.7 Å². The first-order valence-corrected chi connectivity index (χ1v) is 6.59. The van der Waals surface area contributed by atoms with Crippen LogP contribution in [-0.2, 0) is 14.4 Å². The molecule has 116 valence electrons. The normalized spacial score (nSPS) is 10.9. The molecule has 20 heavy (non-hydrogen) atoms. The number of carbonyl (C=O) groups excluding carboxylic acids is 2. The zero-order chi connectivity index (χ0) is 15.6. The summed E-state index contributed by atoms with van der Waals surface area (Å²) in [6.07, 6.45) is 4.67. The largest absolute Gasteiger partial charge is 0.480 e. The molecule has 0 saturated heterocycles. The number of nitrogens with one attached hydrogen (secondary N) is 2. The van der Waals surface area contributed by atoms with Crippen molar-refractivity contribution in [3.63, 3.8) is 0 Å². The van der Waals surface area contributed by atoms with Gasteiger partial charge in [-0.2, -0.15) is 0 Å². The average Bonchev–Trinajstić information content (AvgIpc) is 2.44. The van der Waals surface area contributed by atoms with Crippen molar-refractivity contribution in [1.29, 1.82) is 0 Å². The van der Waals surface area contributed by atoms with Gasteiger partial charge in [-0.25, -0.2) is 11.0 Å². The molecular formula is C12H22N2O6. The summed E-state index contributed by atoms with van der Waals surface area (Å²) < 4.78 is 0. The Morgan fingerprint density at radius 3 is 1.75 bits per heavy atom. The van der Waals surface area contributed by atoms with Gasteiger partial charge in [0.25, 0.3) is 11.8 Å². The van der Waals surface area contributed by atoms with Gasteiger partial charge in [-0.15, -0.1) is 0 Å². The van der Waals surface area contributed by atoms with Crippen LogP contribution in [-0.4, -0.2) is 33.3 Å². The Hall–Kier alpha value is -1.67. The molecule has 0 atom stereocenters. The molecule has 0 aliphatic heterocycles. The topological polar surface area (TPSA) is 136 Å². The molecule has 0 aromatic rings. The van der Waals surface area contributed by atoms with Crippen LogP contribution in [0.4, 0.5) is 0 Å². The van der Waals surface area contributed by atoms with E-state index in [1.165, 1.54) is 11.0 Å². The Balaban J connectivity index is 4.73. The van der Waals surface area contributed by atoms with Crippen molar-refractivity contribution in [3.05, 3.63) is 0 Å². The molecule has 0 bridgehead atoms. The molecule has 0 aliphatic rings. The van der Waals surface area contributed by atoms with Gasteiger partial charge in [0, 0.05) is 0 Å². The Kier molecular flexibility index (Phi) is 8.49. The number of carbonyl (C=O) groups is 3. The molecule has 5 N–H and O–H groups in total. The molecule has 0 aromatic heterocycles. The lowest BCUT2D eigenvalue weighted by molar-refractivity contribution is -0.168. The second-order valence-corrected chi connectivity index (χ2v) is 4.61. The summed E-state index contributed by atoms with van der Waals surface area (Å²) in [5.74, 6) is -4.46. The van der Waals surface area contributed by atoms with E-state index >= 15 is 0 Å². The van der Waals surface area contributed by atoms with Crippen molar-refractivity contribution < 1.29 is 29.9 Å². The van der Waals surface area contributed by atoms with Crippen LogP contribution in [0.1, 0.15) is 51.9 Å². The smallest absolute Gasteiger partial charge is 0.329 e. The van der Waals surface area contributed by atoms with Crippen LogP contribution < -0.4 is 11.0 Å². The van der Waals surface area contributed by atoms with Crippen LogP contribution in [0.15, 0.2) is 0 Å². The molecule has 8 heteroatoms. The van der Waals surface area contributed by atoms with Crippen molar-refractivity contribution in [2.45, 2.75) is 51.9 Å². The minimum absolute atomic E-state index is 0.298. The van der Waals surface area contributed by atoms with Gasteiger partial charge in [0.05, 0.1) is 0 Å². The molecule has 2 amide bonds. The van der Waals surface area contributed by atoms with E-state index in [1.807, 2.05) is 0 Å². The highest BCUT2D eigenvalue weighted by Gasteiger charge is 2.53. The number of carboxylic acids is 1. The van der Waals surface area contributed by atoms with Gasteiger partial charge < -0.3 is 5.11 Å². The van der Waals surface area contributed by atoms with Gasteiger partial charge in [0.2, 0.25) is 5.41 Å². The number of hydroxylamine groups is 2. The van der Waals surface area contributed by atoms with Crippen molar-refractivity contribution in [2.24, 2.45) is 5.41 Å². The van der Waals surface area contributed by atoms with Crippen molar-refractivity contribution in [2.75, 3.05) is 0 Å². The maximum absolute atomic E-state index is 11.5. The first kappa shape index (κ1) is 18.3. The molecule has 0 fully saturated rings. The molecule has 0 aliphatic carbocycles. The minimum Gasteiger partial charge on any atom is -0.480 e. The summed E-state index contributed by atoms with van der Waals surface area (Å²) in [7, 11) is 0. The summed E-state index contributed by atoms with van der Waals surface area (Å²) in [6, 6.07) is 0. The molecule has 0 heterocycles. The third-order valence-corrected chi connectivity index (χ3v) is 3.25. The van der Waals surface area contributed by atoms with Crippen molar-refractivity contribution >= 4 is 17.8 Å². The SMILES string of the molecule is CCCCCCCCC(C(=O)O)(C(=O)NO)C(=O)NO. The van der Waals surface area contributed by atoms with Gasteiger partial charge in [0.1, 0.15) is 0 Å². The fourth-order valence-electron chi connectivity index (χ4n) is 1.99. The second kappa shape index (κ2) is 9.27. The number of carboxylic acid groups (broad SMARTS) is 1. The first-order valence-electron chi connectivity index (χ1n) is 6.59. The van der Waals surface area contributed by atoms with E-state index in [-0.39, 0.29) is 6.42 Å². The van der Waals surface area contributed by atoms with Gasteiger partial charge >= 0.3 is 5.97 Å². The first-order chi connectivity index (χ1) is 9.47. The van der Waals surface area contributed by atoms with E-state index in [9.17, 15) is 14.4 Å². The van der Waals surface area contributed by atoms with Crippen LogP contribution in [0.2, 0.25) is 0 Å². The van der Waals surface area contributed by atoms with E-state index < -0.39 is 23.2 Å². The summed E-state index contributed by atoms with van der Waals surface area (Å²) in [5, 5.41) is 26.3. The zero-order valence-electron chi connectivity index (χ0n) is 11.5. The third kappa shape index (κ3) is 4.46. The van der Waals surface area contributed by atoms with Crippen LogP contribution in [0.5, 0.6) is 0 Å². The Morgan fingerprint density at radius 1 is 0.900 bits per heavy atom. The standard InChI is InChI=1S/C12H22N2O6/c1-2-3-4-5-6-7-8-12(11(17)18,9(15)13-19)10(16)14-20/h19-20H,2-8H2,1H3,(H,13,15)(H,14,16)(H,17,18). The number of hydrogen-bond acceptors (Lipinski definition) is 5. The van der Waals surface area contributed by atoms with E-state index in [2.05, 4.69) is 6.92 Å². The Labute approximate surface area is 117 Å². The highest BCUT2D eigenvalue weighted by molar-refractivity contribution is 6.20. The highest BCUT2D eigenvalue weighted by Crippen LogP contribution is 2.27. The van der Waals surface area contributed by atoms with Crippen molar-refractivity contribution in [1.82, 2.24) is 11.0 Å². The molecule has 0 saturated carbocycles. The predicted molar refractivity (Wildman–Crippen MR) is 67.9 cm³/mol. The van der Waals surface area contributed by atoms with Crippen molar-refractivity contribution in [3.8, 4) is 0 Å². The molecular weight excluding hydrogens is 268 g/mol. The number of aliphatic carboxylic acids is 1. The minimum atomic E-state index is -2.52. The number of hydrogen-bond donors (Lipinski definition) is 5. The number of rotatable bonds is 10.